The summed E-state index contributed by atoms with van der Waals surface area (Å²) >= 11 is 18.1. The number of halogens is 3. The summed E-state index contributed by atoms with van der Waals surface area (Å²) in [7, 11) is -3.90. The summed E-state index contributed by atoms with van der Waals surface area (Å²) in [5.41, 5.74) is 2.30. The van der Waals surface area contributed by atoms with Crippen molar-refractivity contribution in [2.75, 3.05) is 4.72 Å². The predicted molar refractivity (Wildman–Crippen MR) is 137 cm³/mol. The van der Waals surface area contributed by atoms with Crippen molar-refractivity contribution in [1.82, 2.24) is 5.32 Å². The number of carbonyl (C=O) groups excluding carboxylic acids is 1. The van der Waals surface area contributed by atoms with Gasteiger partial charge in [0.2, 0.25) is 0 Å². The van der Waals surface area contributed by atoms with Crippen molar-refractivity contribution in [1.29, 1.82) is 0 Å². The van der Waals surface area contributed by atoms with E-state index < -0.39 is 10.0 Å². The second-order valence-electron chi connectivity index (χ2n) is 7.81. The third-order valence-electron chi connectivity index (χ3n) is 4.77. The lowest BCUT2D eigenvalue weighted by Gasteiger charge is -2.14. The molecule has 34 heavy (non-hydrogen) atoms. The maximum Gasteiger partial charge on any atom is 0.263 e. The molecule has 0 aromatic heterocycles. The first-order valence-corrected chi connectivity index (χ1v) is 12.9. The number of aryl methyl sites for hydroxylation is 1. The zero-order valence-electron chi connectivity index (χ0n) is 18.7. The average molecular weight is 542 g/mol. The summed E-state index contributed by atoms with van der Waals surface area (Å²) in [5, 5.41) is 3.49. The quantitative estimate of drug-likeness (QED) is 0.342. The van der Waals surface area contributed by atoms with Gasteiger partial charge in [-0.1, -0.05) is 40.9 Å². The van der Waals surface area contributed by atoms with Crippen LogP contribution in [0.4, 0.5) is 5.69 Å². The van der Waals surface area contributed by atoms with Crippen molar-refractivity contribution >= 4 is 56.4 Å². The first kappa shape index (κ1) is 26.2. The van der Waals surface area contributed by atoms with Gasteiger partial charge in [0.25, 0.3) is 15.9 Å². The zero-order valence-corrected chi connectivity index (χ0v) is 21.7. The van der Waals surface area contributed by atoms with Crippen molar-refractivity contribution in [3.05, 3.63) is 86.4 Å². The summed E-state index contributed by atoms with van der Waals surface area (Å²) in [4.78, 5) is 12.5. The summed E-state index contributed by atoms with van der Waals surface area (Å²) in [6, 6.07) is 14.1. The Bertz CT molecular complexity index is 1330. The van der Waals surface area contributed by atoms with E-state index in [1.807, 2.05) is 20.8 Å². The van der Waals surface area contributed by atoms with Gasteiger partial charge >= 0.3 is 0 Å². The molecule has 3 rings (SSSR count). The van der Waals surface area contributed by atoms with Gasteiger partial charge in [0, 0.05) is 17.3 Å². The second kappa shape index (κ2) is 10.9. The molecule has 6 nitrogen and oxygen atoms in total. The Morgan fingerprint density at radius 2 is 1.71 bits per heavy atom. The molecule has 2 N–H and O–H groups in total. The van der Waals surface area contributed by atoms with Gasteiger partial charge in [-0.15, -0.1) is 0 Å². The molecule has 1 amide bonds. The monoisotopic (exact) mass is 540 g/mol. The van der Waals surface area contributed by atoms with E-state index in [9.17, 15) is 13.2 Å². The van der Waals surface area contributed by atoms with E-state index in [4.69, 9.17) is 39.5 Å². The number of carbonyl (C=O) groups is 1. The van der Waals surface area contributed by atoms with Crippen LogP contribution >= 0.6 is 34.8 Å². The Labute approximate surface area is 214 Å². The summed E-state index contributed by atoms with van der Waals surface area (Å²) in [6.07, 6.45) is -0.00524. The molecule has 0 atom stereocenters. The largest absolute Gasteiger partial charge is 0.491 e. The Kier molecular flexibility index (Phi) is 8.36. The second-order valence-corrected chi connectivity index (χ2v) is 10.7. The lowest BCUT2D eigenvalue weighted by Crippen LogP contribution is -2.23. The van der Waals surface area contributed by atoms with Gasteiger partial charge in [-0.25, -0.2) is 8.42 Å². The maximum atomic E-state index is 12.7. The topological polar surface area (TPSA) is 84.5 Å². The fraction of sp³-hybridized carbons (Fsp3) is 0.208. The first-order chi connectivity index (χ1) is 16.0. The number of ether oxygens (including phenoxy) is 1. The molecule has 0 radical (unpaired) electrons. The maximum absolute atomic E-state index is 12.7. The van der Waals surface area contributed by atoms with Gasteiger partial charge in [0.1, 0.15) is 10.6 Å². The fourth-order valence-electron chi connectivity index (χ4n) is 3.16. The molecule has 0 heterocycles. The van der Waals surface area contributed by atoms with Crippen LogP contribution in [0.2, 0.25) is 15.1 Å². The summed E-state index contributed by atoms with van der Waals surface area (Å²) in [5.74, 6) is 0.257. The Morgan fingerprint density at radius 3 is 2.32 bits per heavy atom. The molecule has 0 saturated heterocycles. The number of rotatable bonds is 8. The van der Waals surface area contributed by atoms with Crippen LogP contribution < -0.4 is 14.8 Å². The molecule has 10 heteroatoms. The van der Waals surface area contributed by atoms with Crippen molar-refractivity contribution in [2.24, 2.45) is 0 Å². The standard InChI is InChI=1S/C24H23Cl3N2O4S/c1-14(2)33-19-7-8-20(21(26)12-19)24(30)28-13-16-4-6-18(10-15(16)3)29-34(31,32)23-9-5-17(25)11-22(23)27/h4-12,14,29H,13H2,1-3H3,(H,28,30). The zero-order chi connectivity index (χ0) is 25.0. The van der Waals surface area contributed by atoms with Crippen molar-refractivity contribution < 1.29 is 17.9 Å². The summed E-state index contributed by atoms with van der Waals surface area (Å²) in [6.45, 7) is 5.86. The molecule has 0 aliphatic rings. The van der Waals surface area contributed by atoms with E-state index in [-0.39, 0.29) is 33.5 Å². The molecular weight excluding hydrogens is 519 g/mol. The minimum absolute atomic E-state index is 0.00524. The Balaban J connectivity index is 1.68. The molecular formula is C24H23Cl3N2O4S. The number of hydrogen-bond donors (Lipinski definition) is 2. The molecule has 3 aromatic carbocycles. The molecule has 0 saturated carbocycles. The van der Waals surface area contributed by atoms with E-state index in [1.165, 1.54) is 18.2 Å². The molecule has 3 aromatic rings. The highest BCUT2D eigenvalue weighted by Crippen LogP contribution is 2.28. The number of benzene rings is 3. The molecule has 180 valence electrons. The highest BCUT2D eigenvalue weighted by Gasteiger charge is 2.19. The van der Waals surface area contributed by atoms with Gasteiger partial charge in [0.05, 0.1) is 21.7 Å². The Hall–Kier alpha value is -2.45. The minimum atomic E-state index is -3.90. The highest BCUT2D eigenvalue weighted by atomic mass is 35.5. The van der Waals surface area contributed by atoms with E-state index in [1.54, 1.807) is 36.4 Å². The molecule has 0 aliphatic carbocycles. The molecule has 0 aliphatic heterocycles. The first-order valence-electron chi connectivity index (χ1n) is 10.3. The van der Waals surface area contributed by atoms with Crippen molar-refractivity contribution in [2.45, 2.75) is 38.3 Å². The van der Waals surface area contributed by atoms with Crippen LogP contribution in [0.5, 0.6) is 5.75 Å². The van der Waals surface area contributed by atoms with Crippen LogP contribution in [-0.4, -0.2) is 20.4 Å². The van der Waals surface area contributed by atoms with E-state index in [0.717, 1.165) is 11.1 Å². The van der Waals surface area contributed by atoms with Crippen LogP contribution in [0.1, 0.15) is 35.3 Å². The van der Waals surface area contributed by atoms with Crippen LogP contribution in [0.25, 0.3) is 0 Å². The van der Waals surface area contributed by atoms with E-state index in [0.29, 0.717) is 22.0 Å². The third-order valence-corrected chi connectivity index (χ3v) is 7.19. The van der Waals surface area contributed by atoms with Gasteiger partial charge in [-0.2, -0.15) is 0 Å². The molecule has 0 fully saturated rings. The SMILES string of the molecule is Cc1cc(NS(=O)(=O)c2ccc(Cl)cc2Cl)ccc1CNC(=O)c1ccc(OC(C)C)cc1Cl. The minimum Gasteiger partial charge on any atom is -0.491 e. The number of sulfonamides is 1. The number of amides is 1. The van der Waals surface area contributed by atoms with Gasteiger partial charge in [-0.3, -0.25) is 9.52 Å². The summed E-state index contributed by atoms with van der Waals surface area (Å²) < 4.78 is 33.5. The molecule has 0 unspecified atom stereocenters. The van der Waals surface area contributed by atoms with Crippen molar-refractivity contribution in [3.8, 4) is 5.75 Å². The van der Waals surface area contributed by atoms with Gasteiger partial charge < -0.3 is 10.1 Å². The highest BCUT2D eigenvalue weighted by molar-refractivity contribution is 7.92. The molecule has 0 bridgehead atoms. The predicted octanol–water partition coefficient (Wildman–Crippen LogP) is 6.47. The molecule has 0 spiro atoms. The average Bonchev–Trinajstić information content (AvgIpc) is 2.72. The van der Waals surface area contributed by atoms with Gasteiger partial charge in [-0.05, 0) is 80.4 Å². The van der Waals surface area contributed by atoms with E-state index in [2.05, 4.69) is 10.0 Å². The fourth-order valence-corrected chi connectivity index (χ4v) is 5.24. The number of nitrogens with one attached hydrogen (secondary N) is 2. The lowest BCUT2D eigenvalue weighted by molar-refractivity contribution is 0.0951. The van der Waals surface area contributed by atoms with Crippen LogP contribution in [0, 0.1) is 6.92 Å². The third kappa shape index (κ3) is 6.57. The number of hydrogen-bond acceptors (Lipinski definition) is 4. The van der Waals surface area contributed by atoms with Gasteiger partial charge in [0.15, 0.2) is 0 Å². The van der Waals surface area contributed by atoms with Crippen molar-refractivity contribution in [3.63, 3.8) is 0 Å². The van der Waals surface area contributed by atoms with Crippen LogP contribution in [0.3, 0.4) is 0 Å². The normalized spacial score (nSPS) is 11.4. The number of anilines is 1. The lowest BCUT2D eigenvalue weighted by atomic mass is 10.1. The Morgan fingerprint density at radius 1 is 0.971 bits per heavy atom. The van der Waals surface area contributed by atoms with Crippen LogP contribution in [0.15, 0.2) is 59.5 Å². The smallest absolute Gasteiger partial charge is 0.263 e. The van der Waals surface area contributed by atoms with E-state index >= 15 is 0 Å². The van der Waals surface area contributed by atoms with Crippen LogP contribution in [-0.2, 0) is 16.6 Å².